The molecule has 5 rings (SSSR count). The highest BCUT2D eigenvalue weighted by Gasteiger charge is 2.57. The van der Waals surface area contributed by atoms with Crippen molar-refractivity contribution < 1.29 is 23.8 Å². The van der Waals surface area contributed by atoms with Crippen LogP contribution in [0.15, 0.2) is 84.9 Å². The summed E-state index contributed by atoms with van der Waals surface area (Å²) in [7, 11) is 2.71. The van der Waals surface area contributed by atoms with Crippen molar-refractivity contribution in [2.24, 2.45) is 11.3 Å². The minimum Gasteiger partial charge on any atom is -0.489 e. The molecule has 0 radical (unpaired) electrons. The first-order valence-corrected chi connectivity index (χ1v) is 12.4. The Hall–Kier alpha value is -4.19. The number of esters is 2. The fraction of sp³-hybridized carbons (Fsp3) is 0.258. The zero-order valence-electron chi connectivity index (χ0n) is 21.0. The van der Waals surface area contributed by atoms with Crippen molar-refractivity contribution >= 4 is 22.8 Å². The second-order valence-corrected chi connectivity index (χ2v) is 9.42. The molecule has 0 amide bonds. The van der Waals surface area contributed by atoms with E-state index >= 15 is 0 Å². The summed E-state index contributed by atoms with van der Waals surface area (Å²) in [6.45, 7) is 0.388. The van der Waals surface area contributed by atoms with Gasteiger partial charge < -0.3 is 14.2 Å². The number of methoxy groups -OCH3 is 2. The lowest BCUT2D eigenvalue weighted by Gasteiger charge is -2.45. The maximum absolute atomic E-state index is 12.7. The number of ether oxygens (including phenoxy) is 3. The first kappa shape index (κ1) is 24.5. The minimum absolute atomic E-state index is 0.365. The zero-order valence-corrected chi connectivity index (χ0v) is 21.0. The zero-order chi connectivity index (χ0) is 25.8. The molecule has 0 unspecified atom stereocenters. The molecule has 3 aromatic carbocycles. The SMILES string of the molecule is COC(=O)[C@H]1CC[C@]1(Cc1ccc(OCc2cc(-c3ccccc3)nc3ccccc23)cc1)C(=O)OC. The molecule has 0 saturated heterocycles. The van der Waals surface area contributed by atoms with E-state index < -0.39 is 11.3 Å². The molecular formula is C31H29NO5. The van der Waals surface area contributed by atoms with Crippen molar-refractivity contribution in [3.05, 3.63) is 96.1 Å². The third-order valence-electron chi connectivity index (χ3n) is 7.33. The van der Waals surface area contributed by atoms with E-state index in [0.29, 0.717) is 25.9 Å². The van der Waals surface area contributed by atoms with E-state index in [9.17, 15) is 9.59 Å². The predicted octanol–water partition coefficient (Wildman–Crippen LogP) is 5.77. The smallest absolute Gasteiger partial charge is 0.313 e. The van der Waals surface area contributed by atoms with Gasteiger partial charge in [-0.05, 0) is 49.1 Å². The van der Waals surface area contributed by atoms with E-state index in [-0.39, 0.29) is 11.9 Å². The number of para-hydroxylation sites is 1. The molecule has 1 aromatic heterocycles. The largest absolute Gasteiger partial charge is 0.489 e. The van der Waals surface area contributed by atoms with Crippen LogP contribution in [-0.4, -0.2) is 31.1 Å². The van der Waals surface area contributed by atoms with Gasteiger partial charge in [-0.2, -0.15) is 0 Å². The average molecular weight is 496 g/mol. The van der Waals surface area contributed by atoms with Crippen molar-refractivity contribution in [1.29, 1.82) is 0 Å². The van der Waals surface area contributed by atoms with Gasteiger partial charge in [-0.25, -0.2) is 4.98 Å². The molecule has 0 N–H and O–H groups in total. The van der Waals surface area contributed by atoms with Gasteiger partial charge in [-0.1, -0.05) is 60.7 Å². The van der Waals surface area contributed by atoms with E-state index in [1.807, 2.05) is 60.7 Å². The van der Waals surface area contributed by atoms with Crippen molar-refractivity contribution in [2.45, 2.75) is 25.9 Å². The van der Waals surface area contributed by atoms with Gasteiger partial charge in [-0.3, -0.25) is 9.59 Å². The van der Waals surface area contributed by atoms with Gasteiger partial charge in [0.25, 0.3) is 0 Å². The van der Waals surface area contributed by atoms with Crippen LogP contribution < -0.4 is 4.74 Å². The van der Waals surface area contributed by atoms with Gasteiger partial charge in [-0.15, -0.1) is 0 Å². The van der Waals surface area contributed by atoms with Crippen LogP contribution in [0.4, 0.5) is 0 Å². The molecule has 6 heteroatoms. The Morgan fingerprint density at radius 3 is 2.32 bits per heavy atom. The number of pyridine rings is 1. The topological polar surface area (TPSA) is 74.7 Å². The molecule has 2 atom stereocenters. The minimum atomic E-state index is -0.881. The van der Waals surface area contributed by atoms with Crippen LogP contribution >= 0.6 is 0 Å². The van der Waals surface area contributed by atoms with Crippen LogP contribution in [0.25, 0.3) is 22.2 Å². The predicted molar refractivity (Wildman–Crippen MR) is 141 cm³/mol. The highest BCUT2D eigenvalue weighted by atomic mass is 16.5. The Balaban J connectivity index is 1.34. The van der Waals surface area contributed by atoms with Crippen molar-refractivity contribution in [3.8, 4) is 17.0 Å². The molecule has 6 nitrogen and oxygen atoms in total. The van der Waals surface area contributed by atoms with Crippen LogP contribution in [0, 0.1) is 11.3 Å². The third-order valence-corrected chi connectivity index (χ3v) is 7.33. The highest BCUT2D eigenvalue weighted by Crippen LogP contribution is 2.50. The Morgan fingerprint density at radius 1 is 0.919 bits per heavy atom. The fourth-order valence-electron chi connectivity index (χ4n) is 5.21. The summed E-state index contributed by atoms with van der Waals surface area (Å²) >= 11 is 0. The van der Waals surface area contributed by atoms with Crippen molar-refractivity contribution in [1.82, 2.24) is 4.98 Å². The van der Waals surface area contributed by atoms with Crippen LogP contribution in [0.2, 0.25) is 0 Å². The van der Waals surface area contributed by atoms with Crippen LogP contribution in [-0.2, 0) is 32.1 Å². The lowest BCUT2D eigenvalue weighted by atomic mass is 9.57. The van der Waals surface area contributed by atoms with Crippen LogP contribution in [0.5, 0.6) is 5.75 Å². The number of benzene rings is 3. The summed E-state index contributed by atoms with van der Waals surface area (Å²) in [5.41, 5.74) is 3.99. The number of fused-ring (bicyclic) bond motifs is 1. The van der Waals surface area contributed by atoms with Gasteiger partial charge in [0.1, 0.15) is 12.4 Å². The van der Waals surface area contributed by atoms with Gasteiger partial charge >= 0.3 is 11.9 Å². The number of carbonyl (C=O) groups is 2. The summed E-state index contributed by atoms with van der Waals surface area (Å²) in [5, 5.41) is 1.05. The average Bonchev–Trinajstić information content (AvgIpc) is 2.94. The monoisotopic (exact) mass is 495 g/mol. The van der Waals surface area contributed by atoms with Gasteiger partial charge in [0.2, 0.25) is 0 Å². The van der Waals surface area contributed by atoms with Gasteiger partial charge in [0.15, 0.2) is 0 Å². The van der Waals surface area contributed by atoms with E-state index in [4.69, 9.17) is 19.2 Å². The van der Waals surface area contributed by atoms with Crippen LogP contribution in [0.1, 0.15) is 24.0 Å². The Morgan fingerprint density at radius 2 is 1.65 bits per heavy atom. The number of carbonyl (C=O) groups excluding carboxylic acids is 2. The van der Waals surface area contributed by atoms with Crippen molar-refractivity contribution in [3.63, 3.8) is 0 Å². The van der Waals surface area contributed by atoms with Crippen molar-refractivity contribution in [2.75, 3.05) is 14.2 Å². The number of nitrogens with zero attached hydrogens (tertiary/aromatic N) is 1. The Kier molecular flexibility index (Phi) is 6.91. The lowest BCUT2D eigenvalue weighted by Crippen LogP contribution is -2.52. The molecule has 1 fully saturated rings. The molecular weight excluding hydrogens is 466 g/mol. The normalized spacial score (nSPS) is 18.6. The van der Waals surface area contributed by atoms with E-state index in [0.717, 1.165) is 39.0 Å². The third kappa shape index (κ3) is 4.79. The molecule has 0 aliphatic heterocycles. The van der Waals surface area contributed by atoms with E-state index in [1.54, 1.807) is 0 Å². The van der Waals surface area contributed by atoms with E-state index in [2.05, 4.69) is 24.3 Å². The second kappa shape index (κ2) is 10.4. The maximum atomic E-state index is 12.7. The van der Waals surface area contributed by atoms with Gasteiger partial charge in [0, 0.05) is 16.5 Å². The molecule has 37 heavy (non-hydrogen) atoms. The lowest BCUT2D eigenvalue weighted by molar-refractivity contribution is -0.177. The maximum Gasteiger partial charge on any atom is 0.313 e. The van der Waals surface area contributed by atoms with Crippen LogP contribution in [0.3, 0.4) is 0 Å². The summed E-state index contributed by atoms with van der Waals surface area (Å²) < 4.78 is 16.2. The molecule has 4 aromatic rings. The quantitative estimate of drug-likeness (QED) is 0.289. The first-order valence-electron chi connectivity index (χ1n) is 12.4. The standard InChI is InChI=1S/C31H29NO5/c1-35-29(33)26-16-17-31(26,30(34)36-2)19-21-12-14-24(15-13-21)37-20-23-18-28(22-8-4-3-5-9-22)32-27-11-7-6-10-25(23)27/h3-15,18,26H,16-17,19-20H2,1-2H3/t26-,31-/m1/s1. The first-order chi connectivity index (χ1) is 18.0. The molecule has 1 saturated carbocycles. The number of hydrogen-bond donors (Lipinski definition) is 0. The Labute approximate surface area is 216 Å². The summed E-state index contributed by atoms with van der Waals surface area (Å²) in [5.74, 6) is -0.500. The highest BCUT2D eigenvalue weighted by molar-refractivity contribution is 5.88. The number of rotatable bonds is 8. The fourth-order valence-corrected chi connectivity index (χ4v) is 5.21. The molecule has 1 aliphatic rings. The number of hydrogen-bond acceptors (Lipinski definition) is 6. The number of aromatic nitrogens is 1. The molecule has 1 aliphatic carbocycles. The van der Waals surface area contributed by atoms with Gasteiger partial charge in [0.05, 0.1) is 36.8 Å². The second-order valence-electron chi connectivity index (χ2n) is 9.42. The summed E-state index contributed by atoms with van der Waals surface area (Å²) in [4.78, 5) is 29.7. The summed E-state index contributed by atoms with van der Waals surface area (Å²) in [6.07, 6.45) is 1.62. The molecule has 0 spiro atoms. The Bertz CT molecular complexity index is 1420. The molecule has 188 valence electrons. The van der Waals surface area contributed by atoms with E-state index in [1.165, 1.54) is 14.2 Å². The summed E-state index contributed by atoms with van der Waals surface area (Å²) in [6, 6.07) is 27.9. The molecule has 1 heterocycles. The molecule has 0 bridgehead atoms.